The van der Waals surface area contributed by atoms with Crippen LogP contribution in [0.15, 0.2) is 30.3 Å². The first-order valence-corrected chi connectivity index (χ1v) is 10.0. The molecule has 2 aromatic carbocycles. The molecule has 1 N–H and O–H groups in total. The van der Waals surface area contributed by atoms with Gasteiger partial charge in [-0.2, -0.15) is 26.3 Å². The van der Waals surface area contributed by atoms with E-state index in [1.165, 1.54) is 45.6 Å². The summed E-state index contributed by atoms with van der Waals surface area (Å²) in [6.45, 7) is -0.407. The molecule has 0 bridgehead atoms. The van der Waals surface area contributed by atoms with Crippen LogP contribution in [0.1, 0.15) is 22.7 Å². The predicted molar refractivity (Wildman–Crippen MR) is 111 cm³/mol. The van der Waals surface area contributed by atoms with Gasteiger partial charge in [0.2, 0.25) is 0 Å². The molecule has 1 aliphatic heterocycles. The summed E-state index contributed by atoms with van der Waals surface area (Å²) in [5.41, 5.74) is -0.0227. The zero-order chi connectivity index (χ0) is 26.1. The van der Waals surface area contributed by atoms with Gasteiger partial charge < -0.3 is 24.4 Å². The van der Waals surface area contributed by atoms with Crippen LogP contribution < -0.4 is 19.5 Å². The van der Waals surface area contributed by atoms with Crippen molar-refractivity contribution in [1.29, 1.82) is 0 Å². The molecule has 35 heavy (non-hydrogen) atoms. The van der Waals surface area contributed by atoms with Gasteiger partial charge >= 0.3 is 24.2 Å². The van der Waals surface area contributed by atoms with Gasteiger partial charge in [0.25, 0.3) is 0 Å². The SMILES string of the molecule is COc1ccc(NC(=O)C(F)(F)F)c(C2c3cc(OC)c(OC)cc3CCN2C(=O)C(F)(F)F)c1. The van der Waals surface area contributed by atoms with Crippen LogP contribution >= 0.6 is 0 Å². The molecule has 7 nitrogen and oxygen atoms in total. The first-order chi connectivity index (χ1) is 16.3. The van der Waals surface area contributed by atoms with Crippen LogP contribution in [0.4, 0.5) is 32.0 Å². The highest BCUT2D eigenvalue weighted by Crippen LogP contribution is 2.45. The number of hydrogen-bond donors (Lipinski definition) is 1. The minimum absolute atomic E-state index is 0.00220. The van der Waals surface area contributed by atoms with Crippen molar-refractivity contribution in [1.82, 2.24) is 4.90 Å². The van der Waals surface area contributed by atoms with Crippen molar-refractivity contribution in [3.63, 3.8) is 0 Å². The number of carbonyl (C=O) groups is 2. The lowest BCUT2D eigenvalue weighted by Crippen LogP contribution is -2.47. The number of fused-ring (bicyclic) bond motifs is 1. The van der Waals surface area contributed by atoms with Crippen LogP contribution in [0.5, 0.6) is 17.2 Å². The molecule has 190 valence electrons. The van der Waals surface area contributed by atoms with Crippen LogP contribution in [-0.4, -0.2) is 56.9 Å². The van der Waals surface area contributed by atoms with Crippen molar-refractivity contribution in [2.45, 2.75) is 24.8 Å². The number of nitrogens with one attached hydrogen (secondary N) is 1. The third-order valence-electron chi connectivity index (χ3n) is 5.44. The van der Waals surface area contributed by atoms with Crippen molar-refractivity contribution in [2.75, 3.05) is 33.2 Å². The number of nitrogens with zero attached hydrogens (tertiary/aromatic N) is 1. The summed E-state index contributed by atoms with van der Waals surface area (Å²) in [4.78, 5) is 24.5. The van der Waals surface area contributed by atoms with Gasteiger partial charge in [-0.25, -0.2) is 0 Å². The van der Waals surface area contributed by atoms with Gasteiger partial charge in [-0.05, 0) is 47.9 Å². The summed E-state index contributed by atoms with van der Waals surface area (Å²) in [6.07, 6.45) is -10.5. The molecular formula is C22H20F6N2O5. The maximum absolute atomic E-state index is 13.5. The minimum atomic E-state index is -5.26. The summed E-state index contributed by atoms with van der Waals surface area (Å²) < 4.78 is 94.9. The average molecular weight is 506 g/mol. The lowest BCUT2D eigenvalue weighted by atomic mass is 9.86. The number of rotatable bonds is 5. The van der Waals surface area contributed by atoms with Gasteiger partial charge in [-0.15, -0.1) is 0 Å². The zero-order valence-corrected chi connectivity index (χ0v) is 18.6. The van der Waals surface area contributed by atoms with Gasteiger partial charge in [-0.1, -0.05) is 0 Å². The lowest BCUT2D eigenvalue weighted by molar-refractivity contribution is -0.187. The van der Waals surface area contributed by atoms with Crippen LogP contribution in [0.2, 0.25) is 0 Å². The number of halogens is 6. The average Bonchev–Trinajstić information content (AvgIpc) is 2.80. The second-order valence-corrected chi connectivity index (χ2v) is 7.46. The highest BCUT2D eigenvalue weighted by atomic mass is 19.4. The fourth-order valence-electron chi connectivity index (χ4n) is 3.86. The highest BCUT2D eigenvalue weighted by Gasteiger charge is 2.47. The molecule has 0 spiro atoms. The molecule has 1 heterocycles. The zero-order valence-electron chi connectivity index (χ0n) is 18.6. The first kappa shape index (κ1) is 26.0. The van der Waals surface area contributed by atoms with Gasteiger partial charge in [0.1, 0.15) is 5.75 Å². The smallest absolute Gasteiger partial charge is 0.471 e. The third-order valence-corrected chi connectivity index (χ3v) is 5.44. The number of carbonyl (C=O) groups excluding carboxylic acids is 2. The molecule has 2 amide bonds. The van der Waals surface area contributed by atoms with Gasteiger partial charge in [0.05, 0.1) is 27.4 Å². The van der Waals surface area contributed by atoms with E-state index in [0.717, 1.165) is 6.07 Å². The number of ether oxygens (including phenoxy) is 3. The molecule has 1 aliphatic rings. The number of alkyl halides is 6. The largest absolute Gasteiger partial charge is 0.497 e. The minimum Gasteiger partial charge on any atom is -0.497 e. The lowest BCUT2D eigenvalue weighted by Gasteiger charge is -2.39. The number of methoxy groups -OCH3 is 3. The van der Waals surface area contributed by atoms with E-state index in [1.54, 1.807) is 5.32 Å². The molecule has 0 fully saturated rings. The second kappa shape index (κ2) is 9.55. The molecular weight excluding hydrogens is 486 g/mol. The predicted octanol–water partition coefficient (Wildman–Crippen LogP) is 4.25. The Hall–Kier alpha value is -3.64. The Bertz CT molecular complexity index is 1130. The van der Waals surface area contributed by atoms with E-state index in [0.29, 0.717) is 10.5 Å². The van der Waals surface area contributed by atoms with E-state index < -0.39 is 42.4 Å². The van der Waals surface area contributed by atoms with Crippen LogP contribution in [-0.2, 0) is 16.0 Å². The van der Waals surface area contributed by atoms with Crippen molar-refractivity contribution in [2.24, 2.45) is 0 Å². The molecule has 1 atom stereocenters. The van der Waals surface area contributed by atoms with Crippen molar-refractivity contribution >= 4 is 17.5 Å². The molecule has 0 saturated heterocycles. The van der Waals surface area contributed by atoms with Crippen molar-refractivity contribution in [3.8, 4) is 17.2 Å². The Morgan fingerprint density at radius 1 is 0.886 bits per heavy atom. The van der Waals surface area contributed by atoms with Crippen LogP contribution in [0.25, 0.3) is 0 Å². The quantitative estimate of drug-likeness (QED) is 0.614. The topological polar surface area (TPSA) is 77.1 Å². The van der Waals surface area contributed by atoms with Crippen molar-refractivity contribution in [3.05, 3.63) is 47.0 Å². The maximum Gasteiger partial charge on any atom is 0.471 e. The monoisotopic (exact) mass is 506 g/mol. The second-order valence-electron chi connectivity index (χ2n) is 7.46. The summed E-state index contributed by atoms with van der Waals surface area (Å²) in [6, 6.07) is 4.78. The number of benzene rings is 2. The standard InChI is InChI=1S/C22H20F6N2O5/c1-33-12-4-5-15(29-19(31)21(23,24)25)14(9-12)18-13-10-17(35-3)16(34-2)8-11(13)6-7-30(18)20(32)22(26,27)28/h4-5,8-10,18H,6-7H2,1-3H3,(H,29,31). The van der Waals surface area contributed by atoms with Crippen LogP contribution in [0.3, 0.4) is 0 Å². The van der Waals surface area contributed by atoms with E-state index in [9.17, 15) is 35.9 Å². The van der Waals surface area contributed by atoms with E-state index in [2.05, 4.69) is 0 Å². The summed E-state index contributed by atoms with van der Waals surface area (Å²) in [7, 11) is 3.90. The Balaban J connectivity index is 2.29. The van der Waals surface area contributed by atoms with E-state index in [-0.39, 0.29) is 34.8 Å². The van der Waals surface area contributed by atoms with E-state index in [1.807, 2.05) is 0 Å². The fourth-order valence-corrected chi connectivity index (χ4v) is 3.86. The molecule has 3 rings (SSSR count). The summed E-state index contributed by atoms with van der Waals surface area (Å²) in [5.74, 6) is -4.05. The summed E-state index contributed by atoms with van der Waals surface area (Å²) in [5, 5.41) is 1.68. The fraction of sp³-hybridized carbons (Fsp3) is 0.364. The molecule has 2 aromatic rings. The molecule has 0 aromatic heterocycles. The molecule has 0 radical (unpaired) electrons. The molecule has 1 unspecified atom stereocenters. The van der Waals surface area contributed by atoms with Crippen LogP contribution in [0, 0.1) is 0 Å². The molecule has 13 heteroatoms. The van der Waals surface area contributed by atoms with Gasteiger partial charge in [-0.3, -0.25) is 9.59 Å². The van der Waals surface area contributed by atoms with Crippen molar-refractivity contribution < 1.29 is 50.1 Å². The maximum atomic E-state index is 13.5. The number of anilines is 1. The summed E-state index contributed by atoms with van der Waals surface area (Å²) >= 11 is 0. The normalized spacial score (nSPS) is 15.8. The Morgan fingerprint density at radius 3 is 2.06 bits per heavy atom. The molecule has 0 aliphatic carbocycles. The number of amides is 2. The highest BCUT2D eigenvalue weighted by molar-refractivity contribution is 5.96. The first-order valence-electron chi connectivity index (χ1n) is 10.0. The van der Waals surface area contributed by atoms with Gasteiger partial charge in [0, 0.05) is 17.8 Å². The number of hydrogen-bond acceptors (Lipinski definition) is 5. The van der Waals surface area contributed by atoms with E-state index in [4.69, 9.17) is 14.2 Å². The third kappa shape index (κ3) is 5.23. The van der Waals surface area contributed by atoms with E-state index >= 15 is 0 Å². The molecule has 0 saturated carbocycles. The Kier molecular flexibility index (Phi) is 7.08. The Morgan fingerprint density at radius 2 is 1.51 bits per heavy atom. The van der Waals surface area contributed by atoms with Gasteiger partial charge in [0.15, 0.2) is 11.5 Å². The Labute approximate surface area is 195 Å².